The van der Waals surface area contributed by atoms with Crippen LogP contribution in [-0.4, -0.2) is 24.7 Å². The number of anilines is 1. The predicted octanol–water partition coefficient (Wildman–Crippen LogP) is 2.46. The molecule has 1 aromatic carbocycles. The van der Waals surface area contributed by atoms with Crippen LogP contribution in [0.2, 0.25) is 0 Å². The van der Waals surface area contributed by atoms with Gasteiger partial charge in [-0.15, -0.1) is 0 Å². The number of ketones is 1. The quantitative estimate of drug-likeness (QED) is 0.483. The molecular formula is C20H19NO4. The molecule has 25 heavy (non-hydrogen) atoms. The number of hydrogen-bond acceptors (Lipinski definition) is 4. The van der Waals surface area contributed by atoms with Crippen molar-refractivity contribution in [3.63, 3.8) is 0 Å². The number of allylic oxidation sites excluding steroid dienone is 2. The third-order valence-corrected chi connectivity index (χ3v) is 6.49. The number of rotatable bonds is 3. The first-order chi connectivity index (χ1) is 12.0. The Hall–Kier alpha value is -2.43. The molecule has 5 heteroatoms. The molecule has 1 heterocycles. The van der Waals surface area contributed by atoms with Crippen LogP contribution in [0.1, 0.15) is 23.7 Å². The van der Waals surface area contributed by atoms with Crippen LogP contribution < -0.4 is 9.64 Å². The van der Waals surface area contributed by atoms with Gasteiger partial charge in [-0.1, -0.05) is 12.2 Å². The van der Waals surface area contributed by atoms with E-state index in [4.69, 9.17) is 4.74 Å². The Kier molecular flexibility index (Phi) is 2.86. The van der Waals surface area contributed by atoms with Crippen molar-refractivity contribution in [2.45, 2.75) is 13.3 Å². The van der Waals surface area contributed by atoms with E-state index < -0.39 is 0 Å². The monoisotopic (exact) mass is 337 g/mol. The molecule has 2 saturated carbocycles. The van der Waals surface area contributed by atoms with Crippen molar-refractivity contribution in [1.29, 1.82) is 0 Å². The minimum Gasteiger partial charge on any atom is -0.495 e. The van der Waals surface area contributed by atoms with E-state index in [2.05, 4.69) is 12.2 Å². The van der Waals surface area contributed by atoms with Gasteiger partial charge in [0, 0.05) is 5.56 Å². The number of carbonyl (C=O) groups excluding carboxylic acids is 3. The Morgan fingerprint density at radius 1 is 1.08 bits per heavy atom. The highest BCUT2D eigenvalue weighted by Gasteiger charge is 2.67. The van der Waals surface area contributed by atoms with Gasteiger partial charge in [-0.05, 0) is 55.2 Å². The maximum absolute atomic E-state index is 13.2. The van der Waals surface area contributed by atoms with E-state index in [1.807, 2.05) is 0 Å². The Bertz CT molecular complexity index is 821. The highest BCUT2D eigenvalue weighted by Crippen LogP contribution is 2.65. The number of carbonyl (C=O) groups is 3. The van der Waals surface area contributed by atoms with Crippen LogP contribution in [0.15, 0.2) is 30.4 Å². The van der Waals surface area contributed by atoms with E-state index in [0.29, 0.717) is 28.8 Å². The number of amides is 2. The molecule has 4 aliphatic carbocycles. The summed E-state index contributed by atoms with van der Waals surface area (Å²) in [7, 11) is 1.50. The summed E-state index contributed by atoms with van der Waals surface area (Å²) >= 11 is 0. The van der Waals surface area contributed by atoms with Crippen molar-refractivity contribution < 1.29 is 19.1 Å². The maximum Gasteiger partial charge on any atom is 0.238 e. The van der Waals surface area contributed by atoms with E-state index in [9.17, 15) is 14.4 Å². The van der Waals surface area contributed by atoms with E-state index >= 15 is 0 Å². The lowest BCUT2D eigenvalue weighted by Gasteiger charge is -2.37. The topological polar surface area (TPSA) is 63.7 Å². The van der Waals surface area contributed by atoms with E-state index in [0.717, 1.165) is 6.42 Å². The molecule has 1 aliphatic heterocycles. The van der Waals surface area contributed by atoms with Crippen LogP contribution in [0.3, 0.4) is 0 Å². The molecule has 5 nitrogen and oxygen atoms in total. The first kappa shape index (κ1) is 14.9. The molecule has 3 fully saturated rings. The number of Topliss-reactive ketones (excluding diaryl/α,β-unsaturated/α-hetero) is 1. The Labute approximate surface area is 145 Å². The first-order valence-corrected chi connectivity index (χ1v) is 8.78. The third kappa shape index (κ3) is 1.81. The summed E-state index contributed by atoms with van der Waals surface area (Å²) in [6, 6.07) is 4.91. The summed E-state index contributed by atoms with van der Waals surface area (Å²) in [5, 5.41) is 0. The summed E-state index contributed by atoms with van der Waals surface area (Å²) in [5.41, 5.74) is 0.864. The highest BCUT2D eigenvalue weighted by atomic mass is 16.5. The van der Waals surface area contributed by atoms with Gasteiger partial charge in [0.2, 0.25) is 11.8 Å². The van der Waals surface area contributed by atoms with Gasteiger partial charge in [-0.25, -0.2) is 4.90 Å². The van der Waals surface area contributed by atoms with Gasteiger partial charge >= 0.3 is 0 Å². The van der Waals surface area contributed by atoms with Crippen molar-refractivity contribution >= 4 is 23.3 Å². The van der Waals surface area contributed by atoms with Crippen LogP contribution in [0.25, 0.3) is 0 Å². The largest absolute Gasteiger partial charge is 0.495 e. The fourth-order valence-corrected chi connectivity index (χ4v) is 5.28. The van der Waals surface area contributed by atoms with Gasteiger partial charge in [0.05, 0.1) is 24.6 Å². The standard InChI is InChI=1S/C20H19NO4/c1-9(22)10-3-6-16(25-2)15(7-10)21-19(23)17-11-4-5-12(14-8-13(11)14)18(17)20(21)24/h3-7,11-14,17-18H,8H2,1-2H3/t11-,12-,13-,14+,17+,18+/m1/s1. The van der Waals surface area contributed by atoms with E-state index in [1.165, 1.54) is 18.9 Å². The molecule has 0 unspecified atom stereocenters. The Morgan fingerprint density at radius 3 is 2.20 bits per heavy atom. The van der Waals surface area contributed by atoms with Crippen LogP contribution in [-0.2, 0) is 9.59 Å². The van der Waals surface area contributed by atoms with Gasteiger partial charge in [0.15, 0.2) is 5.78 Å². The predicted molar refractivity (Wildman–Crippen MR) is 90.2 cm³/mol. The van der Waals surface area contributed by atoms with Crippen LogP contribution in [0.4, 0.5) is 5.69 Å². The Balaban J connectivity index is 1.60. The molecule has 0 spiro atoms. The number of hydrogen-bond donors (Lipinski definition) is 0. The summed E-state index contributed by atoms with van der Waals surface area (Å²) in [6.45, 7) is 1.47. The third-order valence-electron chi connectivity index (χ3n) is 6.49. The van der Waals surface area contributed by atoms with Gasteiger partial charge in [0.25, 0.3) is 0 Å². The van der Waals surface area contributed by atoms with Gasteiger partial charge in [-0.3, -0.25) is 14.4 Å². The molecule has 0 aromatic heterocycles. The number of nitrogens with zero attached hydrogens (tertiary/aromatic N) is 1. The first-order valence-electron chi connectivity index (χ1n) is 8.78. The number of methoxy groups -OCH3 is 1. The number of ether oxygens (including phenoxy) is 1. The van der Waals surface area contributed by atoms with Gasteiger partial charge in [-0.2, -0.15) is 0 Å². The molecule has 1 aromatic rings. The molecule has 0 radical (unpaired) electrons. The summed E-state index contributed by atoms with van der Waals surface area (Å²) in [6.07, 6.45) is 5.44. The minimum absolute atomic E-state index is 0.108. The second kappa shape index (κ2) is 4.81. The SMILES string of the molecule is COc1ccc(C(C)=O)cc1N1C(=O)[C@H]2[C@@H]3C=C[C@H]([C@@H]4C[C@H]34)[C@@H]2C1=O. The molecule has 2 bridgehead atoms. The van der Waals surface area contributed by atoms with E-state index in [-0.39, 0.29) is 41.3 Å². The summed E-state index contributed by atoms with van der Waals surface area (Å²) in [4.78, 5) is 39.4. The molecule has 6 atom stereocenters. The number of benzene rings is 1. The van der Waals surface area contributed by atoms with Crippen molar-refractivity contribution in [3.8, 4) is 5.75 Å². The highest BCUT2D eigenvalue weighted by molar-refractivity contribution is 6.23. The lowest BCUT2D eigenvalue weighted by molar-refractivity contribution is -0.124. The van der Waals surface area contributed by atoms with Crippen molar-refractivity contribution in [2.75, 3.05) is 12.0 Å². The maximum atomic E-state index is 13.2. The van der Waals surface area contributed by atoms with Crippen molar-refractivity contribution in [2.24, 2.45) is 35.5 Å². The van der Waals surface area contributed by atoms with Crippen LogP contribution >= 0.6 is 0 Å². The molecule has 6 rings (SSSR count). The lowest BCUT2D eigenvalue weighted by Crippen LogP contribution is -2.40. The fourth-order valence-electron chi connectivity index (χ4n) is 5.28. The average Bonchev–Trinajstić information content (AvgIpc) is 3.39. The number of imide groups is 1. The molecule has 1 saturated heterocycles. The molecule has 128 valence electrons. The van der Waals surface area contributed by atoms with Gasteiger partial charge < -0.3 is 4.74 Å². The summed E-state index contributed by atoms with van der Waals surface area (Å²) in [5.74, 6) is 1.05. The zero-order chi connectivity index (χ0) is 17.5. The molecular weight excluding hydrogens is 318 g/mol. The second-order valence-corrected chi connectivity index (χ2v) is 7.61. The van der Waals surface area contributed by atoms with Gasteiger partial charge in [0.1, 0.15) is 5.75 Å². The zero-order valence-corrected chi connectivity index (χ0v) is 14.1. The molecule has 0 N–H and O–H groups in total. The second-order valence-electron chi connectivity index (χ2n) is 7.61. The lowest BCUT2D eigenvalue weighted by atomic mass is 9.63. The van der Waals surface area contributed by atoms with E-state index in [1.54, 1.807) is 18.2 Å². The molecule has 2 amide bonds. The average molecular weight is 337 g/mol. The minimum atomic E-state index is -0.253. The van der Waals surface area contributed by atoms with Crippen LogP contribution in [0, 0.1) is 35.5 Å². The Morgan fingerprint density at radius 2 is 1.68 bits per heavy atom. The normalized spacial score (nSPS) is 37.1. The van der Waals surface area contributed by atoms with Crippen LogP contribution in [0.5, 0.6) is 5.75 Å². The fraction of sp³-hybridized carbons (Fsp3) is 0.450. The van der Waals surface area contributed by atoms with Crippen molar-refractivity contribution in [1.82, 2.24) is 0 Å². The zero-order valence-electron chi connectivity index (χ0n) is 14.1. The smallest absolute Gasteiger partial charge is 0.238 e. The van der Waals surface area contributed by atoms with Crippen molar-refractivity contribution in [3.05, 3.63) is 35.9 Å². The summed E-state index contributed by atoms with van der Waals surface area (Å²) < 4.78 is 5.37. The molecule has 5 aliphatic rings.